The highest BCUT2D eigenvalue weighted by Crippen LogP contribution is 2.23. The monoisotopic (exact) mass is 199 g/mol. The molecule has 0 aromatic rings. The molecule has 0 spiro atoms. The minimum absolute atomic E-state index is 0.617. The lowest BCUT2D eigenvalue weighted by atomic mass is 9.96. The van der Waals surface area contributed by atoms with Crippen LogP contribution in [0.4, 0.5) is 0 Å². The first-order chi connectivity index (χ1) is 6.34. The first-order valence-corrected chi connectivity index (χ1v) is 6.52. The molecule has 13 heavy (non-hydrogen) atoms. The molecule has 1 heterocycles. The molecule has 0 saturated heterocycles. The maximum absolute atomic E-state index is 4.47. The molecule has 0 fully saturated rings. The molecule has 2 atom stereocenters. The highest BCUT2D eigenvalue weighted by Gasteiger charge is 2.18. The topological polar surface area (TPSA) is 12.4 Å². The number of thioether (sulfide) groups is 1. The van der Waals surface area contributed by atoms with E-state index in [-0.39, 0.29) is 0 Å². The van der Waals surface area contributed by atoms with Gasteiger partial charge in [0.25, 0.3) is 0 Å². The van der Waals surface area contributed by atoms with Crippen LogP contribution >= 0.6 is 11.8 Å². The van der Waals surface area contributed by atoms with Gasteiger partial charge in [0.05, 0.1) is 11.6 Å². The standard InChI is InChI=1S/C11H21NS/c1-3-4-5-6-7-10(2)11-8-13-9-12-11/h9-11H,3-8H2,1-2H3. The Kier molecular flexibility index (Phi) is 5.52. The molecule has 1 nitrogen and oxygen atoms in total. The second kappa shape index (κ2) is 6.47. The Morgan fingerprint density at radius 2 is 2.31 bits per heavy atom. The van der Waals surface area contributed by atoms with E-state index in [1.165, 1.54) is 37.9 Å². The summed E-state index contributed by atoms with van der Waals surface area (Å²) in [4.78, 5) is 4.47. The molecule has 0 N–H and O–H groups in total. The maximum Gasteiger partial charge on any atom is 0.0625 e. The predicted molar refractivity (Wildman–Crippen MR) is 62.7 cm³/mol. The third kappa shape index (κ3) is 4.17. The summed E-state index contributed by atoms with van der Waals surface area (Å²) >= 11 is 1.86. The summed E-state index contributed by atoms with van der Waals surface area (Å²) in [7, 11) is 0. The van der Waals surface area contributed by atoms with Crippen LogP contribution in [-0.2, 0) is 0 Å². The van der Waals surface area contributed by atoms with Crippen molar-refractivity contribution in [2.24, 2.45) is 10.9 Å². The van der Waals surface area contributed by atoms with Crippen LogP contribution in [0.2, 0.25) is 0 Å². The molecule has 0 aromatic heterocycles. The zero-order valence-corrected chi connectivity index (χ0v) is 9.65. The SMILES string of the molecule is CCCCCCC(C)C1CSC=N1. The quantitative estimate of drug-likeness (QED) is 0.594. The molecule has 0 aromatic carbocycles. The molecular weight excluding hydrogens is 178 g/mol. The average Bonchev–Trinajstić information content (AvgIpc) is 2.65. The van der Waals surface area contributed by atoms with Crippen LogP contribution < -0.4 is 0 Å². The summed E-state index contributed by atoms with van der Waals surface area (Å²) in [6.07, 6.45) is 6.90. The molecule has 0 amide bonds. The van der Waals surface area contributed by atoms with E-state index in [4.69, 9.17) is 0 Å². The summed E-state index contributed by atoms with van der Waals surface area (Å²) in [5.74, 6) is 2.01. The van der Waals surface area contributed by atoms with E-state index in [1.807, 2.05) is 17.3 Å². The fourth-order valence-electron chi connectivity index (χ4n) is 1.70. The molecule has 1 aliphatic heterocycles. The van der Waals surface area contributed by atoms with E-state index in [0.717, 1.165) is 5.92 Å². The van der Waals surface area contributed by atoms with Crippen LogP contribution in [0.1, 0.15) is 46.0 Å². The van der Waals surface area contributed by atoms with Crippen LogP contribution in [-0.4, -0.2) is 17.3 Å². The van der Waals surface area contributed by atoms with Gasteiger partial charge in [0.1, 0.15) is 0 Å². The van der Waals surface area contributed by atoms with E-state index in [1.54, 1.807) is 0 Å². The van der Waals surface area contributed by atoms with Crippen molar-refractivity contribution in [1.82, 2.24) is 0 Å². The van der Waals surface area contributed by atoms with E-state index >= 15 is 0 Å². The lowest BCUT2D eigenvalue weighted by Crippen LogP contribution is -2.15. The molecular formula is C11H21NS. The van der Waals surface area contributed by atoms with Crippen molar-refractivity contribution in [1.29, 1.82) is 0 Å². The van der Waals surface area contributed by atoms with Crippen molar-refractivity contribution in [3.8, 4) is 0 Å². The fourth-order valence-corrected chi connectivity index (χ4v) is 2.64. The molecule has 0 radical (unpaired) electrons. The van der Waals surface area contributed by atoms with E-state index in [9.17, 15) is 0 Å². The van der Waals surface area contributed by atoms with Crippen molar-refractivity contribution in [3.63, 3.8) is 0 Å². The Bertz CT molecular complexity index is 156. The number of nitrogens with zero attached hydrogens (tertiary/aromatic N) is 1. The molecule has 76 valence electrons. The normalized spacial score (nSPS) is 23.7. The van der Waals surface area contributed by atoms with Crippen molar-refractivity contribution in [2.75, 3.05) is 5.75 Å². The van der Waals surface area contributed by atoms with Crippen LogP contribution in [0, 0.1) is 5.92 Å². The lowest BCUT2D eigenvalue weighted by Gasteiger charge is -2.15. The number of rotatable bonds is 6. The van der Waals surface area contributed by atoms with Gasteiger partial charge in [-0.2, -0.15) is 0 Å². The highest BCUT2D eigenvalue weighted by atomic mass is 32.2. The second-order valence-corrected chi connectivity index (χ2v) is 4.86. The molecule has 1 rings (SSSR count). The third-order valence-corrected chi connectivity index (χ3v) is 3.57. The molecule has 0 saturated carbocycles. The van der Waals surface area contributed by atoms with Crippen molar-refractivity contribution in [3.05, 3.63) is 0 Å². The number of unbranched alkanes of at least 4 members (excludes halogenated alkanes) is 3. The number of aliphatic imine (C=N–C) groups is 1. The summed E-state index contributed by atoms with van der Waals surface area (Å²) in [5, 5.41) is 0. The largest absolute Gasteiger partial charge is 0.282 e. The van der Waals surface area contributed by atoms with E-state index < -0.39 is 0 Å². The van der Waals surface area contributed by atoms with E-state index in [0.29, 0.717) is 6.04 Å². The van der Waals surface area contributed by atoms with Gasteiger partial charge < -0.3 is 0 Å². The molecule has 2 heteroatoms. The third-order valence-electron chi connectivity index (χ3n) is 2.76. The van der Waals surface area contributed by atoms with Gasteiger partial charge >= 0.3 is 0 Å². The summed E-state index contributed by atoms with van der Waals surface area (Å²) in [6.45, 7) is 4.61. The molecule has 0 bridgehead atoms. The zero-order valence-electron chi connectivity index (χ0n) is 8.83. The van der Waals surface area contributed by atoms with Gasteiger partial charge in [-0.05, 0) is 12.3 Å². The number of hydrogen-bond donors (Lipinski definition) is 0. The van der Waals surface area contributed by atoms with Crippen LogP contribution in [0.5, 0.6) is 0 Å². The van der Waals surface area contributed by atoms with Gasteiger partial charge in [0, 0.05) is 5.75 Å². The van der Waals surface area contributed by atoms with Gasteiger partial charge in [0.15, 0.2) is 0 Å². The lowest BCUT2D eigenvalue weighted by molar-refractivity contribution is 0.435. The Balaban J connectivity index is 2.03. The van der Waals surface area contributed by atoms with Crippen LogP contribution in [0.15, 0.2) is 4.99 Å². The van der Waals surface area contributed by atoms with Crippen molar-refractivity contribution < 1.29 is 0 Å². The Hall–Kier alpha value is 0.0200. The molecule has 2 unspecified atom stereocenters. The fraction of sp³-hybridized carbons (Fsp3) is 0.909. The zero-order chi connectivity index (χ0) is 9.52. The van der Waals surface area contributed by atoms with Crippen molar-refractivity contribution in [2.45, 2.75) is 52.0 Å². The predicted octanol–water partition coefficient (Wildman–Crippen LogP) is 3.74. The smallest absolute Gasteiger partial charge is 0.0625 e. The highest BCUT2D eigenvalue weighted by molar-refractivity contribution is 8.12. The van der Waals surface area contributed by atoms with Crippen molar-refractivity contribution >= 4 is 17.3 Å². The summed E-state index contributed by atoms with van der Waals surface area (Å²) in [6, 6.07) is 0.617. The van der Waals surface area contributed by atoms with Crippen LogP contribution in [0.3, 0.4) is 0 Å². The average molecular weight is 199 g/mol. The van der Waals surface area contributed by atoms with Gasteiger partial charge in [-0.15, -0.1) is 11.8 Å². The van der Waals surface area contributed by atoms with Gasteiger partial charge in [0.2, 0.25) is 0 Å². The minimum Gasteiger partial charge on any atom is -0.282 e. The molecule has 1 aliphatic rings. The first kappa shape index (κ1) is 11.1. The maximum atomic E-state index is 4.47. The Morgan fingerprint density at radius 3 is 2.92 bits per heavy atom. The summed E-state index contributed by atoms with van der Waals surface area (Å²) in [5.41, 5.74) is 2.02. The summed E-state index contributed by atoms with van der Waals surface area (Å²) < 4.78 is 0. The van der Waals surface area contributed by atoms with Crippen LogP contribution in [0.25, 0.3) is 0 Å². The van der Waals surface area contributed by atoms with Gasteiger partial charge in [-0.25, -0.2) is 0 Å². The number of hydrogen-bond acceptors (Lipinski definition) is 2. The minimum atomic E-state index is 0.617. The Morgan fingerprint density at radius 1 is 1.46 bits per heavy atom. The van der Waals surface area contributed by atoms with Gasteiger partial charge in [-0.3, -0.25) is 4.99 Å². The molecule has 0 aliphatic carbocycles. The van der Waals surface area contributed by atoms with Gasteiger partial charge in [-0.1, -0.05) is 39.5 Å². The second-order valence-electron chi connectivity index (χ2n) is 3.98. The first-order valence-electron chi connectivity index (χ1n) is 5.48. The van der Waals surface area contributed by atoms with E-state index in [2.05, 4.69) is 18.8 Å². The Labute approximate surface area is 86.4 Å².